The Morgan fingerprint density at radius 3 is 2.81 bits per heavy atom. The molecule has 2 saturated carbocycles. The molecule has 0 amide bonds. The Hall–Kier alpha value is -0.830. The summed E-state index contributed by atoms with van der Waals surface area (Å²) in [6.45, 7) is 0. The van der Waals surface area contributed by atoms with Gasteiger partial charge < -0.3 is 10.1 Å². The van der Waals surface area contributed by atoms with Crippen LogP contribution in [0.3, 0.4) is 0 Å². The largest absolute Gasteiger partial charge is 0.393 e. The number of nitrogens with one attached hydrogen (secondary N) is 1. The van der Waals surface area contributed by atoms with E-state index in [0.29, 0.717) is 17.8 Å². The summed E-state index contributed by atoms with van der Waals surface area (Å²) < 4.78 is 0. The van der Waals surface area contributed by atoms with Crippen molar-refractivity contribution in [2.24, 2.45) is 11.8 Å². The van der Waals surface area contributed by atoms with Crippen molar-refractivity contribution in [3.05, 3.63) is 18.2 Å². The Balaban J connectivity index is 1.59. The van der Waals surface area contributed by atoms with Crippen LogP contribution in [0.4, 0.5) is 0 Å². The van der Waals surface area contributed by atoms with Crippen molar-refractivity contribution in [3.8, 4) is 0 Å². The van der Waals surface area contributed by atoms with Crippen LogP contribution in [0.25, 0.3) is 0 Å². The van der Waals surface area contributed by atoms with Crippen molar-refractivity contribution in [2.45, 2.75) is 50.5 Å². The van der Waals surface area contributed by atoms with Gasteiger partial charge in [-0.1, -0.05) is 19.3 Å². The molecule has 0 aliphatic heterocycles. The molecule has 3 heteroatoms. The molecule has 88 valence electrons. The molecule has 0 aromatic carbocycles. The number of hydrogen-bond acceptors (Lipinski definition) is 2. The van der Waals surface area contributed by atoms with Crippen LogP contribution in [-0.2, 0) is 0 Å². The van der Waals surface area contributed by atoms with Gasteiger partial charge in [0.15, 0.2) is 0 Å². The molecule has 3 atom stereocenters. The smallest absolute Gasteiger partial charge is 0.0921 e. The molecule has 1 aromatic rings. The fourth-order valence-corrected chi connectivity index (χ4v) is 3.24. The van der Waals surface area contributed by atoms with Crippen LogP contribution < -0.4 is 0 Å². The van der Waals surface area contributed by atoms with Crippen LogP contribution in [0.1, 0.15) is 50.1 Å². The monoisotopic (exact) mass is 220 g/mol. The molecule has 3 rings (SSSR count). The Labute approximate surface area is 96.3 Å². The quantitative estimate of drug-likeness (QED) is 0.822. The highest BCUT2D eigenvalue weighted by atomic mass is 16.3. The van der Waals surface area contributed by atoms with E-state index in [1.165, 1.54) is 37.8 Å². The lowest BCUT2D eigenvalue weighted by molar-refractivity contribution is 0.0641. The molecule has 0 radical (unpaired) electrons. The molecule has 3 nitrogen and oxygen atoms in total. The summed E-state index contributed by atoms with van der Waals surface area (Å²) in [7, 11) is 0. The molecule has 2 fully saturated rings. The molecule has 1 unspecified atom stereocenters. The first kappa shape index (κ1) is 10.3. The summed E-state index contributed by atoms with van der Waals surface area (Å²) >= 11 is 0. The van der Waals surface area contributed by atoms with E-state index < -0.39 is 0 Å². The number of H-pyrrole nitrogens is 1. The number of hydrogen-bond donors (Lipinski definition) is 2. The van der Waals surface area contributed by atoms with E-state index in [1.807, 2.05) is 6.20 Å². The fourth-order valence-electron chi connectivity index (χ4n) is 3.24. The van der Waals surface area contributed by atoms with E-state index in [4.69, 9.17) is 0 Å². The van der Waals surface area contributed by atoms with Crippen LogP contribution in [0, 0.1) is 11.8 Å². The molecule has 2 aliphatic rings. The van der Waals surface area contributed by atoms with Gasteiger partial charge in [0, 0.05) is 17.8 Å². The van der Waals surface area contributed by atoms with Crippen molar-refractivity contribution >= 4 is 0 Å². The molecule has 0 bridgehead atoms. The molecule has 2 aliphatic carbocycles. The molecule has 2 N–H and O–H groups in total. The highest BCUT2D eigenvalue weighted by molar-refractivity contribution is 5.16. The van der Waals surface area contributed by atoms with E-state index in [-0.39, 0.29) is 6.10 Å². The first-order valence-corrected chi connectivity index (χ1v) is 6.52. The number of rotatable bonds is 3. The van der Waals surface area contributed by atoms with Crippen molar-refractivity contribution < 1.29 is 5.11 Å². The lowest BCUT2D eigenvalue weighted by Gasteiger charge is -2.26. The number of nitrogens with zero attached hydrogens (tertiary/aromatic N) is 1. The zero-order chi connectivity index (χ0) is 11.0. The van der Waals surface area contributed by atoms with Crippen molar-refractivity contribution in [2.75, 3.05) is 0 Å². The molecule has 0 saturated heterocycles. The second-order valence-corrected chi connectivity index (χ2v) is 5.40. The zero-order valence-electron chi connectivity index (χ0n) is 9.60. The van der Waals surface area contributed by atoms with Gasteiger partial charge in [-0.2, -0.15) is 0 Å². The summed E-state index contributed by atoms with van der Waals surface area (Å²) in [5.41, 5.74) is 1.21. The second-order valence-electron chi connectivity index (χ2n) is 5.40. The first-order chi connectivity index (χ1) is 7.86. The van der Waals surface area contributed by atoms with E-state index in [1.54, 1.807) is 6.33 Å². The number of imidazole rings is 1. The maximum atomic E-state index is 10.3. The average molecular weight is 220 g/mol. The van der Waals surface area contributed by atoms with E-state index in [0.717, 1.165) is 6.42 Å². The topological polar surface area (TPSA) is 48.9 Å². The van der Waals surface area contributed by atoms with Gasteiger partial charge in [-0.25, -0.2) is 4.98 Å². The summed E-state index contributed by atoms with van der Waals surface area (Å²) in [6.07, 6.45) is 11.1. The van der Waals surface area contributed by atoms with Crippen LogP contribution in [-0.4, -0.2) is 21.2 Å². The Morgan fingerprint density at radius 1 is 1.31 bits per heavy atom. The molecule has 0 spiro atoms. The number of aliphatic hydroxyl groups is 1. The van der Waals surface area contributed by atoms with Gasteiger partial charge >= 0.3 is 0 Å². The van der Waals surface area contributed by atoms with E-state index >= 15 is 0 Å². The van der Waals surface area contributed by atoms with Crippen LogP contribution in [0.5, 0.6) is 0 Å². The van der Waals surface area contributed by atoms with E-state index in [9.17, 15) is 5.11 Å². The Bertz CT molecular complexity index is 330. The molecule has 1 heterocycles. The van der Waals surface area contributed by atoms with Gasteiger partial charge in [0.25, 0.3) is 0 Å². The van der Waals surface area contributed by atoms with Gasteiger partial charge in [-0.15, -0.1) is 0 Å². The average Bonchev–Trinajstić information content (AvgIpc) is 2.95. The predicted octanol–water partition coefficient (Wildman–Crippen LogP) is 2.45. The first-order valence-electron chi connectivity index (χ1n) is 6.52. The lowest BCUT2D eigenvalue weighted by Crippen LogP contribution is -2.25. The highest BCUT2D eigenvalue weighted by Gasteiger charge is 2.46. The maximum Gasteiger partial charge on any atom is 0.0921 e. The summed E-state index contributed by atoms with van der Waals surface area (Å²) in [4.78, 5) is 7.22. The third kappa shape index (κ3) is 1.88. The van der Waals surface area contributed by atoms with Crippen LogP contribution in [0.2, 0.25) is 0 Å². The lowest BCUT2D eigenvalue weighted by atomic mass is 9.83. The van der Waals surface area contributed by atoms with Gasteiger partial charge in [0.05, 0.1) is 12.4 Å². The third-order valence-corrected chi connectivity index (χ3v) is 4.33. The molecular weight excluding hydrogens is 200 g/mol. The predicted molar refractivity (Wildman–Crippen MR) is 62.0 cm³/mol. The third-order valence-electron chi connectivity index (χ3n) is 4.33. The van der Waals surface area contributed by atoms with Crippen LogP contribution >= 0.6 is 0 Å². The minimum atomic E-state index is -0.0754. The zero-order valence-corrected chi connectivity index (χ0v) is 9.60. The second kappa shape index (κ2) is 4.21. The highest BCUT2D eigenvalue weighted by Crippen LogP contribution is 2.51. The van der Waals surface area contributed by atoms with Gasteiger partial charge in [0.1, 0.15) is 0 Å². The standard InChI is InChI=1S/C13H20N2O/c16-13(9-4-2-1-3-5-9)11-6-10(11)12-7-14-8-15-12/h7-11,13,16H,1-6H2,(H,14,15)/t10-,11-,13?/m1/s1. The van der Waals surface area contributed by atoms with Gasteiger partial charge in [0.2, 0.25) is 0 Å². The summed E-state index contributed by atoms with van der Waals surface area (Å²) in [5, 5.41) is 10.3. The summed E-state index contributed by atoms with van der Waals surface area (Å²) in [5.74, 6) is 1.59. The molecule has 16 heavy (non-hydrogen) atoms. The van der Waals surface area contributed by atoms with Crippen LogP contribution in [0.15, 0.2) is 12.5 Å². The fraction of sp³-hybridized carbons (Fsp3) is 0.769. The SMILES string of the molecule is OC(C1CCCCC1)[C@@H]1C[C@H]1c1cnc[nH]1. The van der Waals surface area contributed by atoms with Crippen molar-refractivity contribution in [3.63, 3.8) is 0 Å². The van der Waals surface area contributed by atoms with Crippen molar-refractivity contribution in [1.82, 2.24) is 9.97 Å². The molecule has 1 aromatic heterocycles. The maximum absolute atomic E-state index is 10.3. The minimum Gasteiger partial charge on any atom is -0.393 e. The van der Waals surface area contributed by atoms with Gasteiger partial charge in [-0.05, 0) is 31.1 Å². The van der Waals surface area contributed by atoms with Gasteiger partial charge in [-0.3, -0.25) is 0 Å². The minimum absolute atomic E-state index is 0.0754. The number of aromatic nitrogens is 2. The Morgan fingerprint density at radius 2 is 2.12 bits per heavy atom. The number of aliphatic hydroxyl groups excluding tert-OH is 1. The summed E-state index contributed by atoms with van der Waals surface area (Å²) in [6, 6.07) is 0. The van der Waals surface area contributed by atoms with E-state index in [2.05, 4.69) is 9.97 Å². The number of aromatic amines is 1. The van der Waals surface area contributed by atoms with Crippen molar-refractivity contribution in [1.29, 1.82) is 0 Å². The Kier molecular flexibility index (Phi) is 2.72. The normalized spacial score (nSPS) is 32.6. The molecular formula is C13H20N2O.